The zero-order valence-corrected chi connectivity index (χ0v) is 17.9. The summed E-state index contributed by atoms with van der Waals surface area (Å²) in [5.74, 6) is 1.81. The second-order valence-electron chi connectivity index (χ2n) is 7.32. The number of H-pyrrole nitrogens is 1. The van der Waals surface area contributed by atoms with E-state index in [0.717, 1.165) is 49.2 Å². The van der Waals surface area contributed by atoms with Crippen LogP contribution in [0.25, 0.3) is 10.9 Å². The Morgan fingerprint density at radius 2 is 1.82 bits per heavy atom. The summed E-state index contributed by atoms with van der Waals surface area (Å²) in [6.45, 7) is 5.44. The monoisotopic (exact) mass is 415 g/mol. The van der Waals surface area contributed by atoms with Gasteiger partial charge in [-0.05, 0) is 55.1 Å². The topological polar surface area (TPSA) is 31.5 Å². The molecule has 6 heteroatoms. The Kier molecular flexibility index (Phi) is 6.16. The maximum Gasteiger partial charge on any atom is 0.119 e. The summed E-state index contributed by atoms with van der Waals surface area (Å²) in [7, 11) is 3.92. The van der Waals surface area contributed by atoms with Gasteiger partial charge in [-0.2, -0.15) is 0 Å². The molecule has 2 aromatic carbocycles. The fraction of sp³-hybridized carbons (Fsp3) is 0.364. The minimum Gasteiger partial charge on any atom is -0.497 e. The highest BCUT2D eigenvalue weighted by atomic mass is 35.5. The van der Waals surface area contributed by atoms with E-state index in [9.17, 15) is 0 Å². The highest BCUT2D eigenvalue weighted by Crippen LogP contribution is 2.32. The van der Waals surface area contributed by atoms with E-state index < -0.39 is 0 Å². The van der Waals surface area contributed by atoms with Gasteiger partial charge in [-0.15, -0.1) is 11.8 Å². The first-order chi connectivity index (χ1) is 13.6. The second kappa shape index (κ2) is 8.78. The fourth-order valence-electron chi connectivity index (χ4n) is 3.63. The lowest BCUT2D eigenvalue weighted by Crippen LogP contribution is -2.43. The van der Waals surface area contributed by atoms with Crippen LogP contribution in [0.5, 0.6) is 5.75 Å². The van der Waals surface area contributed by atoms with Crippen molar-refractivity contribution in [2.45, 2.75) is 17.2 Å². The van der Waals surface area contributed by atoms with Gasteiger partial charge in [0.15, 0.2) is 0 Å². The van der Waals surface area contributed by atoms with Gasteiger partial charge >= 0.3 is 0 Å². The fourth-order valence-corrected chi connectivity index (χ4v) is 4.64. The third-order valence-electron chi connectivity index (χ3n) is 5.38. The molecule has 2 heterocycles. The van der Waals surface area contributed by atoms with Crippen LogP contribution in [0.2, 0.25) is 5.02 Å². The van der Waals surface area contributed by atoms with E-state index in [-0.39, 0.29) is 0 Å². The van der Waals surface area contributed by atoms with E-state index in [0.29, 0.717) is 0 Å². The number of nitrogens with zero attached hydrogens (tertiary/aromatic N) is 2. The highest BCUT2D eigenvalue weighted by molar-refractivity contribution is 7.98. The molecule has 1 aliphatic heterocycles. The molecule has 0 aliphatic carbocycles. The molecular formula is C22H26ClN3OS. The quantitative estimate of drug-likeness (QED) is 0.582. The molecule has 3 aromatic rings. The molecule has 1 N–H and O–H groups in total. The number of thioether (sulfide) groups is 1. The summed E-state index contributed by atoms with van der Waals surface area (Å²) >= 11 is 7.85. The van der Waals surface area contributed by atoms with Crippen molar-refractivity contribution >= 4 is 34.3 Å². The van der Waals surface area contributed by atoms with Crippen LogP contribution in [-0.4, -0.2) is 55.1 Å². The maximum atomic E-state index is 6.02. The Balaban J connectivity index is 1.60. The van der Waals surface area contributed by atoms with Gasteiger partial charge in [0.1, 0.15) is 5.75 Å². The summed E-state index contributed by atoms with van der Waals surface area (Å²) in [6, 6.07) is 14.4. The van der Waals surface area contributed by atoms with E-state index >= 15 is 0 Å². The number of benzene rings is 2. The number of hydrogen-bond acceptors (Lipinski definition) is 4. The van der Waals surface area contributed by atoms with E-state index in [2.05, 4.69) is 46.1 Å². The number of rotatable bonds is 6. The number of aromatic amines is 1. The van der Waals surface area contributed by atoms with Gasteiger partial charge in [-0.1, -0.05) is 11.6 Å². The molecule has 148 valence electrons. The van der Waals surface area contributed by atoms with Gasteiger partial charge in [-0.3, -0.25) is 4.90 Å². The normalized spacial score (nSPS) is 16.0. The summed E-state index contributed by atoms with van der Waals surface area (Å²) in [6.07, 6.45) is 0. The average Bonchev–Trinajstić information content (AvgIpc) is 3.06. The van der Waals surface area contributed by atoms with Crippen LogP contribution in [0.15, 0.2) is 47.4 Å². The van der Waals surface area contributed by atoms with Crippen LogP contribution in [0, 0.1) is 0 Å². The third-order valence-corrected chi connectivity index (χ3v) is 6.67. The Labute approximate surface area is 175 Å². The molecule has 0 atom stereocenters. The van der Waals surface area contributed by atoms with Crippen molar-refractivity contribution in [3.05, 3.63) is 58.7 Å². The smallest absolute Gasteiger partial charge is 0.119 e. The van der Waals surface area contributed by atoms with Crippen LogP contribution in [-0.2, 0) is 12.3 Å². The third kappa shape index (κ3) is 4.49. The summed E-state index contributed by atoms with van der Waals surface area (Å²) in [4.78, 5) is 9.83. The Morgan fingerprint density at radius 3 is 2.54 bits per heavy atom. The van der Waals surface area contributed by atoms with Gasteiger partial charge in [0.05, 0.1) is 7.11 Å². The largest absolute Gasteiger partial charge is 0.497 e. The Hall–Kier alpha value is -1.66. The van der Waals surface area contributed by atoms with Gasteiger partial charge in [0, 0.05) is 65.0 Å². The van der Waals surface area contributed by atoms with E-state index in [1.807, 2.05) is 30.0 Å². The molecule has 4 rings (SSSR count). The average molecular weight is 416 g/mol. The maximum absolute atomic E-state index is 6.02. The van der Waals surface area contributed by atoms with E-state index in [1.54, 1.807) is 7.11 Å². The van der Waals surface area contributed by atoms with Gasteiger partial charge in [0.2, 0.25) is 0 Å². The number of hydrogen-bond donors (Lipinski definition) is 1. The Morgan fingerprint density at radius 1 is 1.07 bits per heavy atom. The van der Waals surface area contributed by atoms with Crippen molar-refractivity contribution in [1.82, 2.24) is 14.8 Å². The molecule has 4 nitrogen and oxygen atoms in total. The first kappa shape index (κ1) is 19.6. The SMILES string of the molecule is COc1ccc2[nH]c(CSc3ccc(Cl)cc3)c(CN3CCN(C)CC3)c2c1. The Bertz CT molecular complexity index is 933. The number of methoxy groups -OCH3 is 1. The van der Waals surface area contributed by atoms with Gasteiger partial charge in [-0.25, -0.2) is 0 Å². The van der Waals surface area contributed by atoms with Gasteiger partial charge in [0.25, 0.3) is 0 Å². The van der Waals surface area contributed by atoms with Crippen LogP contribution in [0.1, 0.15) is 11.3 Å². The summed E-state index contributed by atoms with van der Waals surface area (Å²) in [5.41, 5.74) is 3.86. The number of fused-ring (bicyclic) bond motifs is 1. The molecule has 1 aliphatic rings. The molecule has 0 bridgehead atoms. The van der Waals surface area contributed by atoms with Crippen LogP contribution in [0.3, 0.4) is 0 Å². The molecule has 0 spiro atoms. The lowest BCUT2D eigenvalue weighted by atomic mass is 10.1. The van der Waals surface area contributed by atoms with Crippen LogP contribution in [0.4, 0.5) is 0 Å². The minimum atomic E-state index is 0.776. The number of ether oxygens (including phenoxy) is 1. The number of likely N-dealkylation sites (N-methyl/N-ethyl adjacent to an activating group) is 1. The molecule has 1 aromatic heterocycles. The molecule has 0 saturated carbocycles. The van der Waals surface area contributed by atoms with E-state index in [1.165, 1.54) is 27.1 Å². The molecule has 0 amide bonds. The second-order valence-corrected chi connectivity index (χ2v) is 8.80. The zero-order chi connectivity index (χ0) is 19.5. The predicted octanol–water partition coefficient (Wildman–Crippen LogP) is 4.87. The first-order valence-corrected chi connectivity index (χ1v) is 11.0. The lowest BCUT2D eigenvalue weighted by Gasteiger charge is -2.32. The van der Waals surface area contributed by atoms with Crippen LogP contribution >= 0.6 is 23.4 Å². The standard InChI is InChI=1S/C22H26ClN3OS/c1-25-9-11-26(12-10-25)14-20-19-13-17(27-2)5-8-21(19)24-22(20)15-28-18-6-3-16(23)4-7-18/h3-8,13,24H,9-12,14-15H2,1-2H3. The van der Waals surface area contributed by atoms with E-state index in [4.69, 9.17) is 16.3 Å². The summed E-state index contributed by atoms with van der Waals surface area (Å²) < 4.78 is 5.48. The molecule has 28 heavy (non-hydrogen) atoms. The predicted molar refractivity (Wildman–Crippen MR) is 119 cm³/mol. The number of aromatic nitrogens is 1. The van der Waals surface area contributed by atoms with Crippen molar-refractivity contribution < 1.29 is 4.74 Å². The first-order valence-electron chi connectivity index (χ1n) is 9.59. The van der Waals surface area contributed by atoms with Crippen molar-refractivity contribution in [3.8, 4) is 5.75 Å². The van der Waals surface area contributed by atoms with Crippen molar-refractivity contribution in [3.63, 3.8) is 0 Å². The molecule has 0 radical (unpaired) electrons. The number of halogens is 1. The number of nitrogens with one attached hydrogen (secondary N) is 1. The minimum absolute atomic E-state index is 0.776. The molecule has 1 fully saturated rings. The summed E-state index contributed by atoms with van der Waals surface area (Å²) in [5, 5.41) is 2.04. The lowest BCUT2D eigenvalue weighted by molar-refractivity contribution is 0.148. The molecule has 0 unspecified atom stereocenters. The highest BCUT2D eigenvalue weighted by Gasteiger charge is 2.19. The number of piperazine rings is 1. The van der Waals surface area contributed by atoms with Crippen LogP contribution < -0.4 is 4.74 Å². The van der Waals surface area contributed by atoms with Crippen molar-refractivity contribution in [2.75, 3.05) is 40.3 Å². The zero-order valence-electron chi connectivity index (χ0n) is 16.4. The molecule has 1 saturated heterocycles. The van der Waals surface area contributed by atoms with Crippen molar-refractivity contribution in [2.24, 2.45) is 0 Å². The van der Waals surface area contributed by atoms with Gasteiger partial charge < -0.3 is 14.6 Å². The molecular weight excluding hydrogens is 390 g/mol. The van der Waals surface area contributed by atoms with Crippen molar-refractivity contribution in [1.29, 1.82) is 0 Å².